The van der Waals surface area contributed by atoms with Crippen molar-refractivity contribution in [1.82, 2.24) is 0 Å². The van der Waals surface area contributed by atoms with Crippen LogP contribution in [-0.4, -0.2) is 7.05 Å². The Bertz CT molecular complexity index is 123. The van der Waals surface area contributed by atoms with E-state index in [0.29, 0.717) is 0 Å². The Hall–Kier alpha value is -0.920. The van der Waals surface area contributed by atoms with Crippen molar-refractivity contribution in [3.63, 3.8) is 0 Å². The molecule has 1 N–H and O–H groups in total. The average molecular weight is 96.1 g/mol. The summed E-state index contributed by atoms with van der Waals surface area (Å²) in [4.78, 5) is 0. The van der Waals surface area contributed by atoms with Crippen LogP contribution in [0.3, 0.4) is 0 Å². The Morgan fingerprint density at radius 3 is 3.00 bits per heavy atom. The van der Waals surface area contributed by atoms with Gasteiger partial charge in [0.25, 0.3) is 0 Å². The molecule has 7 heavy (non-hydrogen) atoms. The highest BCUT2D eigenvalue weighted by molar-refractivity contribution is 5.36. The fourth-order valence-electron chi connectivity index (χ4n) is 0.360. The van der Waals surface area contributed by atoms with E-state index in [-0.39, 0.29) is 0 Å². The molecule has 0 aliphatic rings. The molecule has 37 valence electrons. The van der Waals surface area contributed by atoms with Crippen LogP contribution < -0.4 is 5.32 Å². The fraction of sp³-hybridized carbons (Fsp3) is 0.200. The first-order valence-electron chi connectivity index (χ1n) is 2.06. The molecule has 0 saturated heterocycles. The van der Waals surface area contributed by atoms with Crippen molar-refractivity contribution in [3.05, 3.63) is 18.6 Å². The molecule has 2 heteroatoms. The van der Waals surface area contributed by atoms with E-state index >= 15 is 0 Å². The fourth-order valence-corrected chi connectivity index (χ4v) is 0.360. The first kappa shape index (κ1) is 4.24. The molecule has 0 atom stereocenters. The quantitative estimate of drug-likeness (QED) is 0.566. The van der Waals surface area contributed by atoms with Crippen molar-refractivity contribution >= 4 is 5.69 Å². The molecule has 0 saturated carbocycles. The molecule has 1 aromatic rings. The second-order valence-electron chi connectivity index (χ2n) is 1.20. The third-order valence-electron chi connectivity index (χ3n) is 0.757. The summed E-state index contributed by atoms with van der Waals surface area (Å²) in [7, 11) is 1.83. The van der Waals surface area contributed by atoms with Gasteiger partial charge >= 0.3 is 0 Å². The van der Waals surface area contributed by atoms with Crippen molar-refractivity contribution in [2.45, 2.75) is 0 Å². The summed E-state index contributed by atoms with van der Waals surface area (Å²) in [5.74, 6) is 0. The molecular weight excluding hydrogens is 90.1 g/mol. The number of hydrogen-bond acceptors (Lipinski definition) is 2. The number of anilines is 1. The predicted molar refractivity (Wildman–Crippen MR) is 27.1 cm³/mol. The molecule has 1 aromatic heterocycles. The SMILES string of the molecule is CNc1c[c]oc1. The highest BCUT2D eigenvalue weighted by Crippen LogP contribution is 2.02. The second-order valence-corrected chi connectivity index (χ2v) is 1.20. The summed E-state index contributed by atoms with van der Waals surface area (Å²) in [6.45, 7) is 0. The maximum absolute atomic E-state index is 4.62. The van der Waals surface area contributed by atoms with Gasteiger partial charge in [-0.1, -0.05) is 0 Å². The Labute approximate surface area is 42.1 Å². The third-order valence-corrected chi connectivity index (χ3v) is 0.757. The van der Waals surface area contributed by atoms with Crippen LogP contribution in [0, 0.1) is 6.26 Å². The molecule has 2 nitrogen and oxygen atoms in total. The molecule has 0 aromatic carbocycles. The minimum Gasteiger partial charge on any atom is -0.459 e. The zero-order valence-electron chi connectivity index (χ0n) is 4.06. The van der Waals surface area contributed by atoms with E-state index in [1.54, 1.807) is 12.3 Å². The van der Waals surface area contributed by atoms with Crippen LogP contribution in [0.1, 0.15) is 0 Å². The van der Waals surface area contributed by atoms with E-state index in [2.05, 4.69) is 16.0 Å². The largest absolute Gasteiger partial charge is 0.459 e. The van der Waals surface area contributed by atoms with E-state index in [9.17, 15) is 0 Å². The van der Waals surface area contributed by atoms with Crippen LogP contribution in [0.15, 0.2) is 16.7 Å². The molecule has 0 bridgehead atoms. The Kier molecular flexibility index (Phi) is 1.02. The molecule has 1 rings (SSSR count). The molecular formula is C5H6NO. The maximum Gasteiger partial charge on any atom is 0.171 e. The lowest BCUT2D eigenvalue weighted by Gasteiger charge is -1.84. The summed E-state index contributed by atoms with van der Waals surface area (Å²) in [6, 6.07) is 1.74. The van der Waals surface area contributed by atoms with Gasteiger partial charge in [0.2, 0.25) is 0 Å². The van der Waals surface area contributed by atoms with Gasteiger partial charge in [-0.05, 0) is 0 Å². The normalized spacial score (nSPS) is 8.71. The van der Waals surface area contributed by atoms with Crippen molar-refractivity contribution in [2.24, 2.45) is 0 Å². The van der Waals surface area contributed by atoms with E-state index in [0.717, 1.165) is 5.69 Å². The van der Waals surface area contributed by atoms with Gasteiger partial charge in [0.1, 0.15) is 6.26 Å². The number of rotatable bonds is 1. The summed E-state index contributed by atoms with van der Waals surface area (Å²) in [5.41, 5.74) is 0.958. The number of nitrogens with one attached hydrogen (secondary N) is 1. The zero-order chi connectivity index (χ0) is 5.11. The number of hydrogen-bond donors (Lipinski definition) is 1. The monoisotopic (exact) mass is 96.0 g/mol. The van der Waals surface area contributed by atoms with E-state index < -0.39 is 0 Å². The lowest BCUT2D eigenvalue weighted by molar-refractivity contribution is 0.559. The van der Waals surface area contributed by atoms with Crippen molar-refractivity contribution < 1.29 is 4.42 Å². The second kappa shape index (κ2) is 1.69. The highest BCUT2D eigenvalue weighted by atomic mass is 16.3. The molecule has 0 aliphatic heterocycles. The Morgan fingerprint density at radius 2 is 2.71 bits per heavy atom. The van der Waals surface area contributed by atoms with Gasteiger partial charge in [-0.2, -0.15) is 0 Å². The van der Waals surface area contributed by atoms with Crippen LogP contribution in [0.5, 0.6) is 0 Å². The van der Waals surface area contributed by atoms with Gasteiger partial charge in [-0.3, -0.25) is 0 Å². The molecule has 0 amide bonds. The highest BCUT2D eigenvalue weighted by Gasteiger charge is 1.83. The van der Waals surface area contributed by atoms with Gasteiger partial charge < -0.3 is 9.73 Å². The van der Waals surface area contributed by atoms with Crippen LogP contribution in [0.2, 0.25) is 0 Å². The summed E-state index contributed by atoms with van der Waals surface area (Å²) in [6.07, 6.45) is 4.14. The van der Waals surface area contributed by atoms with Crippen LogP contribution in [0.25, 0.3) is 0 Å². The van der Waals surface area contributed by atoms with Gasteiger partial charge in [-0.15, -0.1) is 0 Å². The van der Waals surface area contributed by atoms with Gasteiger partial charge in [-0.25, -0.2) is 0 Å². The smallest absolute Gasteiger partial charge is 0.171 e. The molecule has 0 aliphatic carbocycles. The van der Waals surface area contributed by atoms with E-state index in [1.165, 1.54) is 0 Å². The lowest BCUT2D eigenvalue weighted by atomic mass is 10.5. The first-order chi connectivity index (χ1) is 3.43. The molecule has 1 heterocycles. The third kappa shape index (κ3) is 0.738. The summed E-state index contributed by atoms with van der Waals surface area (Å²) < 4.78 is 4.62. The maximum atomic E-state index is 4.62. The zero-order valence-corrected chi connectivity index (χ0v) is 4.06. The minimum absolute atomic E-state index is 0.958. The number of furan rings is 1. The summed E-state index contributed by atoms with van der Waals surface area (Å²) in [5, 5.41) is 2.88. The lowest BCUT2D eigenvalue weighted by Crippen LogP contribution is -1.81. The van der Waals surface area contributed by atoms with Crippen LogP contribution >= 0.6 is 0 Å². The van der Waals surface area contributed by atoms with E-state index in [1.807, 2.05) is 7.05 Å². The molecule has 1 radical (unpaired) electrons. The summed E-state index contributed by atoms with van der Waals surface area (Å²) >= 11 is 0. The molecule has 0 unspecified atom stereocenters. The minimum atomic E-state index is 0.958. The van der Waals surface area contributed by atoms with E-state index in [4.69, 9.17) is 0 Å². The topological polar surface area (TPSA) is 25.2 Å². The van der Waals surface area contributed by atoms with Gasteiger partial charge in [0.15, 0.2) is 6.26 Å². The standard InChI is InChI=1S/C5H6NO/c1-6-5-2-3-7-4-5/h2,4,6H,1H3. The van der Waals surface area contributed by atoms with Crippen LogP contribution in [0.4, 0.5) is 5.69 Å². The van der Waals surface area contributed by atoms with Crippen molar-refractivity contribution in [1.29, 1.82) is 0 Å². The van der Waals surface area contributed by atoms with Gasteiger partial charge in [0, 0.05) is 13.1 Å². The van der Waals surface area contributed by atoms with Crippen molar-refractivity contribution in [2.75, 3.05) is 12.4 Å². The molecule has 0 fully saturated rings. The Morgan fingerprint density at radius 1 is 1.86 bits per heavy atom. The first-order valence-corrected chi connectivity index (χ1v) is 2.06. The average Bonchev–Trinajstić information content (AvgIpc) is 2.14. The Balaban J connectivity index is 2.76. The molecule has 0 spiro atoms. The van der Waals surface area contributed by atoms with Gasteiger partial charge in [0.05, 0.1) is 5.69 Å². The predicted octanol–water partition coefficient (Wildman–Crippen LogP) is 1.12. The van der Waals surface area contributed by atoms with Crippen LogP contribution in [-0.2, 0) is 0 Å². The van der Waals surface area contributed by atoms with Crippen molar-refractivity contribution in [3.8, 4) is 0 Å².